The van der Waals surface area contributed by atoms with Gasteiger partial charge in [-0.1, -0.05) is 64.3 Å². The van der Waals surface area contributed by atoms with Crippen LogP contribution in [0.3, 0.4) is 0 Å². The number of esters is 2. The number of benzene rings is 2. The van der Waals surface area contributed by atoms with Crippen molar-refractivity contribution in [2.45, 2.75) is 65.7 Å². The Morgan fingerprint density at radius 1 is 0.806 bits per heavy atom. The van der Waals surface area contributed by atoms with Gasteiger partial charge in [-0.25, -0.2) is 9.59 Å². The first kappa shape index (κ1) is 28.6. The zero-order valence-corrected chi connectivity index (χ0v) is 21.5. The van der Waals surface area contributed by atoms with E-state index in [4.69, 9.17) is 14.2 Å². The average Bonchev–Trinajstić information content (AvgIpc) is 2.89. The van der Waals surface area contributed by atoms with Crippen molar-refractivity contribution in [2.75, 3.05) is 18.5 Å². The van der Waals surface area contributed by atoms with Gasteiger partial charge in [-0.05, 0) is 55.5 Å². The lowest BCUT2D eigenvalue weighted by atomic mass is 10.0. The summed E-state index contributed by atoms with van der Waals surface area (Å²) in [5.41, 5.74) is 2.05. The third kappa shape index (κ3) is 9.94. The zero-order chi connectivity index (χ0) is 26.2. The molecule has 194 valence electrons. The fourth-order valence-electron chi connectivity index (χ4n) is 3.30. The van der Waals surface area contributed by atoms with Crippen LogP contribution in [0.5, 0.6) is 5.75 Å². The van der Waals surface area contributed by atoms with Crippen LogP contribution in [0.2, 0.25) is 0 Å². The number of hydrogen-bond acceptors (Lipinski definition) is 6. The highest BCUT2D eigenvalue weighted by Crippen LogP contribution is 2.27. The predicted molar refractivity (Wildman–Crippen MR) is 140 cm³/mol. The maximum Gasteiger partial charge on any atom is 0.374 e. The van der Waals surface area contributed by atoms with Crippen molar-refractivity contribution >= 4 is 23.5 Å². The molecule has 2 rings (SSSR count). The Balaban J connectivity index is 2.14. The lowest BCUT2D eigenvalue weighted by molar-refractivity contribution is -0.143. The molecule has 7 nitrogen and oxygen atoms in total. The van der Waals surface area contributed by atoms with E-state index in [1.54, 1.807) is 36.4 Å². The Morgan fingerprint density at radius 3 is 2.19 bits per heavy atom. The van der Waals surface area contributed by atoms with Crippen LogP contribution in [0, 0.1) is 0 Å². The molecule has 1 amide bonds. The van der Waals surface area contributed by atoms with Gasteiger partial charge < -0.3 is 19.5 Å². The number of nitrogens with one attached hydrogen (secondary N) is 1. The Labute approximate surface area is 213 Å². The van der Waals surface area contributed by atoms with Crippen LogP contribution in [-0.4, -0.2) is 31.1 Å². The molecule has 0 unspecified atom stereocenters. The Kier molecular flexibility index (Phi) is 12.8. The minimum Gasteiger partial charge on any atom is -0.462 e. The van der Waals surface area contributed by atoms with E-state index < -0.39 is 11.9 Å². The number of carbonyl (C=O) groups excluding carboxylic acids is 3. The Morgan fingerprint density at radius 2 is 1.50 bits per heavy atom. The SMILES string of the molecule is CCCCCCc1ccc(C(=O)Nc2ccccc2O/C(=C\C(=O)OCCC)C(=O)OCCC)cc1. The van der Waals surface area contributed by atoms with Crippen LogP contribution >= 0.6 is 0 Å². The van der Waals surface area contributed by atoms with Gasteiger partial charge in [0.2, 0.25) is 5.76 Å². The molecular weight excluding hydrogens is 458 g/mol. The number of para-hydroxylation sites is 2. The molecule has 0 heterocycles. The Hall–Kier alpha value is -3.61. The second kappa shape index (κ2) is 16.1. The maximum atomic E-state index is 12.9. The number of aryl methyl sites for hydroxylation is 1. The van der Waals surface area contributed by atoms with Gasteiger partial charge in [-0.3, -0.25) is 4.79 Å². The number of rotatable bonds is 15. The van der Waals surface area contributed by atoms with E-state index in [0.717, 1.165) is 18.9 Å². The molecule has 0 aliphatic carbocycles. The second-order valence-electron chi connectivity index (χ2n) is 8.37. The van der Waals surface area contributed by atoms with E-state index in [9.17, 15) is 14.4 Å². The number of ether oxygens (including phenoxy) is 3. The van der Waals surface area contributed by atoms with Gasteiger partial charge in [0.15, 0.2) is 5.75 Å². The number of amides is 1. The lowest BCUT2D eigenvalue weighted by Gasteiger charge is -2.14. The molecule has 0 radical (unpaired) electrons. The first-order valence-corrected chi connectivity index (χ1v) is 12.7. The quantitative estimate of drug-likeness (QED) is 0.136. The molecule has 0 aromatic heterocycles. The van der Waals surface area contributed by atoms with Crippen LogP contribution in [0.15, 0.2) is 60.4 Å². The molecule has 36 heavy (non-hydrogen) atoms. The van der Waals surface area contributed by atoms with Crippen LogP contribution in [0.25, 0.3) is 0 Å². The van der Waals surface area contributed by atoms with Crippen molar-refractivity contribution in [1.29, 1.82) is 0 Å². The largest absolute Gasteiger partial charge is 0.462 e. The van der Waals surface area contributed by atoms with Gasteiger partial charge in [0.25, 0.3) is 5.91 Å². The predicted octanol–water partition coefficient (Wildman–Crippen LogP) is 6.23. The third-order valence-corrected chi connectivity index (χ3v) is 5.23. The van der Waals surface area contributed by atoms with E-state index in [0.29, 0.717) is 24.1 Å². The summed E-state index contributed by atoms with van der Waals surface area (Å²) in [6.45, 7) is 6.31. The number of anilines is 1. The standard InChI is InChI=1S/C29H37NO6/c1-4-7-8-9-12-22-15-17-23(18-16-22)28(32)30-24-13-10-11-14-25(24)36-26(29(33)35-20-6-3)21-27(31)34-19-5-2/h10-11,13-18,21H,4-9,12,19-20H2,1-3H3,(H,30,32)/b26-21-. The van der Waals surface area contributed by atoms with Crippen LogP contribution in [-0.2, 0) is 25.5 Å². The van der Waals surface area contributed by atoms with Crippen molar-refractivity contribution in [2.24, 2.45) is 0 Å². The fourth-order valence-corrected chi connectivity index (χ4v) is 3.30. The normalized spacial score (nSPS) is 11.0. The summed E-state index contributed by atoms with van der Waals surface area (Å²) >= 11 is 0. The minimum absolute atomic E-state index is 0.177. The molecule has 0 bridgehead atoms. The third-order valence-electron chi connectivity index (χ3n) is 5.23. The molecule has 0 atom stereocenters. The van der Waals surface area contributed by atoms with Gasteiger partial charge in [-0.15, -0.1) is 0 Å². The van der Waals surface area contributed by atoms with E-state index in [1.807, 2.05) is 26.0 Å². The second-order valence-corrected chi connectivity index (χ2v) is 8.37. The van der Waals surface area contributed by atoms with Gasteiger partial charge >= 0.3 is 11.9 Å². The van der Waals surface area contributed by atoms with Crippen molar-refractivity contribution < 1.29 is 28.6 Å². The van der Waals surface area contributed by atoms with Crippen molar-refractivity contribution in [1.82, 2.24) is 0 Å². The van der Waals surface area contributed by atoms with Gasteiger partial charge in [0, 0.05) is 5.56 Å². The molecule has 0 aliphatic rings. The van der Waals surface area contributed by atoms with E-state index in [1.165, 1.54) is 24.8 Å². The first-order valence-electron chi connectivity index (χ1n) is 12.7. The summed E-state index contributed by atoms with van der Waals surface area (Å²) in [6, 6.07) is 14.2. The average molecular weight is 496 g/mol. The van der Waals surface area contributed by atoms with Crippen LogP contribution in [0.4, 0.5) is 5.69 Å². The molecule has 7 heteroatoms. The summed E-state index contributed by atoms with van der Waals surface area (Å²) in [4.78, 5) is 37.5. The van der Waals surface area contributed by atoms with E-state index in [2.05, 4.69) is 12.2 Å². The lowest BCUT2D eigenvalue weighted by Crippen LogP contribution is -2.18. The first-order chi connectivity index (χ1) is 17.5. The highest BCUT2D eigenvalue weighted by atomic mass is 16.6. The summed E-state index contributed by atoms with van der Waals surface area (Å²) in [5, 5.41) is 2.82. The summed E-state index contributed by atoms with van der Waals surface area (Å²) in [7, 11) is 0. The molecule has 0 aliphatic heterocycles. The summed E-state index contributed by atoms with van der Waals surface area (Å²) in [5.74, 6) is -1.94. The highest BCUT2D eigenvalue weighted by molar-refractivity contribution is 6.05. The van der Waals surface area contributed by atoms with Gasteiger partial charge in [0.1, 0.15) is 0 Å². The molecule has 0 spiro atoms. The van der Waals surface area contributed by atoms with Gasteiger partial charge in [0.05, 0.1) is 25.0 Å². The molecular formula is C29H37NO6. The number of hydrogen-bond donors (Lipinski definition) is 1. The number of unbranched alkanes of at least 4 members (excludes halogenated alkanes) is 3. The minimum atomic E-state index is -0.791. The van der Waals surface area contributed by atoms with E-state index in [-0.39, 0.29) is 30.6 Å². The van der Waals surface area contributed by atoms with E-state index >= 15 is 0 Å². The van der Waals surface area contributed by atoms with Crippen molar-refractivity contribution in [3.63, 3.8) is 0 Å². The number of carbonyl (C=O) groups is 3. The topological polar surface area (TPSA) is 90.9 Å². The van der Waals surface area contributed by atoms with Crippen LogP contribution < -0.4 is 10.1 Å². The molecule has 1 N–H and O–H groups in total. The Bertz CT molecular complexity index is 1010. The smallest absolute Gasteiger partial charge is 0.374 e. The van der Waals surface area contributed by atoms with Crippen molar-refractivity contribution in [3.05, 3.63) is 71.5 Å². The molecule has 0 saturated heterocycles. The summed E-state index contributed by atoms with van der Waals surface area (Å²) in [6.07, 6.45) is 7.97. The zero-order valence-electron chi connectivity index (χ0n) is 21.5. The maximum absolute atomic E-state index is 12.9. The van der Waals surface area contributed by atoms with Crippen molar-refractivity contribution in [3.8, 4) is 5.75 Å². The monoisotopic (exact) mass is 495 g/mol. The van der Waals surface area contributed by atoms with Crippen LogP contribution in [0.1, 0.15) is 75.2 Å². The molecule has 2 aromatic carbocycles. The molecule has 0 fully saturated rings. The summed E-state index contributed by atoms with van der Waals surface area (Å²) < 4.78 is 15.9. The molecule has 0 saturated carbocycles. The molecule has 2 aromatic rings. The highest BCUT2D eigenvalue weighted by Gasteiger charge is 2.19. The van der Waals surface area contributed by atoms with Gasteiger partial charge in [-0.2, -0.15) is 0 Å². The fraction of sp³-hybridized carbons (Fsp3) is 0.414.